The zero-order valence-electron chi connectivity index (χ0n) is 12.4. The van der Waals surface area contributed by atoms with E-state index in [1.807, 2.05) is 11.3 Å². The zero-order valence-corrected chi connectivity index (χ0v) is 14.1. The summed E-state index contributed by atoms with van der Waals surface area (Å²) in [6, 6.07) is 0.752. The van der Waals surface area contributed by atoms with Crippen molar-refractivity contribution >= 4 is 24.0 Å². The number of thiol groups is 1. The highest BCUT2D eigenvalue weighted by Crippen LogP contribution is 2.27. The Morgan fingerprint density at radius 2 is 2.21 bits per heavy atom. The van der Waals surface area contributed by atoms with Crippen LogP contribution in [-0.4, -0.2) is 29.0 Å². The third-order valence-corrected chi connectivity index (χ3v) is 5.68. The van der Waals surface area contributed by atoms with Crippen molar-refractivity contribution in [3.63, 3.8) is 0 Å². The highest BCUT2D eigenvalue weighted by Gasteiger charge is 2.19. The Balaban J connectivity index is 1.95. The number of hydrogen-bond donors (Lipinski definition) is 1. The fourth-order valence-corrected chi connectivity index (χ4v) is 4.24. The van der Waals surface area contributed by atoms with Gasteiger partial charge in [-0.2, -0.15) is 12.6 Å². The molecule has 0 amide bonds. The Morgan fingerprint density at radius 3 is 2.79 bits per heavy atom. The van der Waals surface area contributed by atoms with Crippen LogP contribution in [0.3, 0.4) is 0 Å². The van der Waals surface area contributed by atoms with Gasteiger partial charge in [-0.05, 0) is 32.2 Å². The van der Waals surface area contributed by atoms with Crippen LogP contribution in [0.1, 0.15) is 61.5 Å². The van der Waals surface area contributed by atoms with Gasteiger partial charge in [0, 0.05) is 29.6 Å². The summed E-state index contributed by atoms with van der Waals surface area (Å²) >= 11 is 6.30. The third-order valence-electron chi connectivity index (χ3n) is 4.02. The van der Waals surface area contributed by atoms with E-state index >= 15 is 0 Å². The van der Waals surface area contributed by atoms with Gasteiger partial charge in [0.1, 0.15) is 0 Å². The van der Waals surface area contributed by atoms with Gasteiger partial charge in [-0.25, -0.2) is 4.98 Å². The number of nitrogens with zero attached hydrogens (tertiary/aromatic N) is 2. The molecule has 1 atom stereocenters. The topological polar surface area (TPSA) is 16.1 Å². The second-order valence-electron chi connectivity index (χ2n) is 5.86. The van der Waals surface area contributed by atoms with E-state index in [4.69, 9.17) is 4.98 Å². The summed E-state index contributed by atoms with van der Waals surface area (Å²) in [5, 5.41) is 1.30. The maximum Gasteiger partial charge on any atom is 0.0944 e. The molecule has 0 bridgehead atoms. The van der Waals surface area contributed by atoms with Crippen molar-refractivity contribution in [2.75, 3.05) is 13.1 Å². The molecule has 0 saturated carbocycles. The number of rotatable bonds is 5. The largest absolute Gasteiger partial charge is 0.300 e. The molecule has 0 spiro atoms. The first-order chi connectivity index (χ1) is 9.11. The van der Waals surface area contributed by atoms with Crippen molar-refractivity contribution in [1.82, 2.24) is 9.88 Å². The SMILES string of the molecule is CC(C)c1nc(CCN2CCCCC2C)sc1CS. The van der Waals surface area contributed by atoms with E-state index in [0.29, 0.717) is 5.92 Å². The molecule has 0 aliphatic carbocycles. The minimum Gasteiger partial charge on any atom is -0.300 e. The lowest BCUT2D eigenvalue weighted by Gasteiger charge is -2.33. The van der Waals surface area contributed by atoms with E-state index in [2.05, 4.69) is 38.3 Å². The summed E-state index contributed by atoms with van der Waals surface area (Å²) in [4.78, 5) is 8.82. The monoisotopic (exact) mass is 298 g/mol. The predicted molar refractivity (Wildman–Crippen MR) is 87.5 cm³/mol. The van der Waals surface area contributed by atoms with Crippen LogP contribution in [0.5, 0.6) is 0 Å². The van der Waals surface area contributed by atoms with Crippen LogP contribution in [0.4, 0.5) is 0 Å². The number of thiazole rings is 1. The first kappa shape index (κ1) is 15.3. The molecule has 2 nitrogen and oxygen atoms in total. The van der Waals surface area contributed by atoms with E-state index in [9.17, 15) is 0 Å². The van der Waals surface area contributed by atoms with Gasteiger partial charge in [-0.3, -0.25) is 0 Å². The van der Waals surface area contributed by atoms with Gasteiger partial charge in [-0.1, -0.05) is 20.3 Å². The first-order valence-corrected chi connectivity index (χ1v) is 8.90. The lowest BCUT2D eigenvalue weighted by molar-refractivity contribution is 0.163. The Kier molecular flexibility index (Phi) is 5.72. The summed E-state index contributed by atoms with van der Waals surface area (Å²) in [7, 11) is 0. The van der Waals surface area contributed by atoms with Crippen LogP contribution >= 0.6 is 24.0 Å². The predicted octanol–water partition coefficient (Wildman–Crippen LogP) is 4.11. The molecule has 2 rings (SSSR count). The van der Waals surface area contributed by atoms with Gasteiger partial charge in [0.25, 0.3) is 0 Å². The molecule has 0 N–H and O–H groups in total. The second kappa shape index (κ2) is 7.09. The highest BCUT2D eigenvalue weighted by atomic mass is 32.1. The molecule has 2 heterocycles. The van der Waals surface area contributed by atoms with Gasteiger partial charge < -0.3 is 4.90 Å². The Morgan fingerprint density at radius 1 is 1.42 bits per heavy atom. The van der Waals surface area contributed by atoms with Gasteiger partial charge >= 0.3 is 0 Å². The standard InChI is InChI=1S/C15H26N2S2/c1-11(2)15-13(10-18)19-14(16-15)7-9-17-8-5-4-6-12(17)3/h11-12,18H,4-10H2,1-3H3. The van der Waals surface area contributed by atoms with Crippen LogP contribution in [-0.2, 0) is 12.2 Å². The van der Waals surface area contributed by atoms with Crippen LogP contribution in [0.2, 0.25) is 0 Å². The minimum absolute atomic E-state index is 0.515. The quantitative estimate of drug-likeness (QED) is 0.823. The normalized spacial score (nSPS) is 21.2. The van der Waals surface area contributed by atoms with Crippen LogP contribution in [0.25, 0.3) is 0 Å². The number of hydrogen-bond acceptors (Lipinski definition) is 4. The molecule has 0 radical (unpaired) electrons. The molecule has 1 aliphatic heterocycles. The number of piperidine rings is 1. The van der Waals surface area contributed by atoms with Crippen molar-refractivity contribution in [2.24, 2.45) is 0 Å². The molecule has 19 heavy (non-hydrogen) atoms. The smallest absolute Gasteiger partial charge is 0.0944 e. The van der Waals surface area contributed by atoms with E-state index in [-0.39, 0.29) is 0 Å². The molecular weight excluding hydrogens is 272 g/mol. The lowest BCUT2D eigenvalue weighted by Crippen LogP contribution is -2.38. The fraction of sp³-hybridized carbons (Fsp3) is 0.800. The summed E-state index contributed by atoms with van der Waals surface area (Å²) in [6.07, 6.45) is 5.22. The average molecular weight is 299 g/mol. The van der Waals surface area contributed by atoms with E-state index in [1.165, 1.54) is 41.4 Å². The van der Waals surface area contributed by atoms with E-state index < -0.39 is 0 Å². The summed E-state index contributed by atoms with van der Waals surface area (Å²) in [5.41, 5.74) is 1.27. The fourth-order valence-electron chi connectivity index (χ4n) is 2.81. The molecule has 1 aliphatic rings. The molecule has 108 valence electrons. The third kappa shape index (κ3) is 3.96. The number of aromatic nitrogens is 1. The Hall–Kier alpha value is -0.0600. The lowest BCUT2D eigenvalue weighted by atomic mass is 10.0. The Labute approximate surface area is 127 Å². The molecule has 1 saturated heterocycles. The Bertz CT molecular complexity index is 401. The van der Waals surface area contributed by atoms with Crippen molar-refractivity contribution in [1.29, 1.82) is 0 Å². The van der Waals surface area contributed by atoms with Crippen molar-refractivity contribution in [3.05, 3.63) is 15.6 Å². The molecule has 1 aromatic heterocycles. The van der Waals surface area contributed by atoms with Gasteiger partial charge in [0.2, 0.25) is 0 Å². The van der Waals surface area contributed by atoms with Crippen molar-refractivity contribution < 1.29 is 0 Å². The maximum atomic E-state index is 4.83. The maximum absolute atomic E-state index is 4.83. The van der Waals surface area contributed by atoms with Crippen molar-refractivity contribution in [3.8, 4) is 0 Å². The van der Waals surface area contributed by atoms with Crippen LogP contribution in [0.15, 0.2) is 0 Å². The van der Waals surface area contributed by atoms with Gasteiger partial charge in [0.05, 0.1) is 10.7 Å². The van der Waals surface area contributed by atoms with Crippen LogP contribution in [0, 0.1) is 0 Å². The van der Waals surface area contributed by atoms with Gasteiger partial charge in [0.15, 0.2) is 0 Å². The first-order valence-electron chi connectivity index (χ1n) is 7.45. The average Bonchev–Trinajstić information content (AvgIpc) is 2.81. The van der Waals surface area contributed by atoms with E-state index in [1.54, 1.807) is 0 Å². The van der Waals surface area contributed by atoms with Crippen LogP contribution < -0.4 is 0 Å². The van der Waals surface area contributed by atoms with Gasteiger partial charge in [-0.15, -0.1) is 11.3 Å². The summed E-state index contributed by atoms with van der Waals surface area (Å²) < 4.78 is 0. The molecule has 1 aromatic rings. The molecule has 1 unspecified atom stereocenters. The molecule has 4 heteroatoms. The number of likely N-dealkylation sites (tertiary alicyclic amines) is 1. The minimum atomic E-state index is 0.515. The highest BCUT2D eigenvalue weighted by molar-refractivity contribution is 7.79. The molecule has 0 aromatic carbocycles. The molecule has 1 fully saturated rings. The second-order valence-corrected chi connectivity index (χ2v) is 7.34. The van der Waals surface area contributed by atoms with E-state index in [0.717, 1.165) is 24.8 Å². The van der Waals surface area contributed by atoms with Crippen molar-refractivity contribution in [2.45, 2.75) is 64.2 Å². The zero-order chi connectivity index (χ0) is 13.8. The summed E-state index contributed by atoms with van der Waals surface area (Å²) in [6.45, 7) is 9.23. The molecular formula is C15H26N2S2. The summed E-state index contributed by atoms with van der Waals surface area (Å²) in [5.74, 6) is 1.34.